The Hall–Kier alpha value is -1.92. The number of carbonyl (C=O) groups excluding carboxylic acids is 2. The van der Waals surface area contributed by atoms with Gasteiger partial charge in [-0.05, 0) is 12.5 Å². The van der Waals surface area contributed by atoms with Gasteiger partial charge in [0.05, 0.1) is 25.7 Å². The molecule has 1 aliphatic rings. The van der Waals surface area contributed by atoms with E-state index in [2.05, 4.69) is 5.32 Å². The van der Waals surface area contributed by atoms with Crippen LogP contribution >= 0.6 is 0 Å². The van der Waals surface area contributed by atoms with Crippen molar-refractivity contribution in [1.82, 2.24) is 5.32 Å². The molecule has 0 aromatic heterocycles. The fourth-order valence-corrected chi connectivity index (χ4v) is 2.26. The highest BCUT2D eigenvalue weighted by Gasteiger charge is 2.45. The smallest absolute Gasteiger partial charge is 0.333 e. The Balaban J connectivity index is 2.20. The van der Waals surface area contributed by atoms with Crippen molar-refractivity contribution < 1.29 is 19.1 Å². The van der Waals surface area contributed by atoms with Gasteiger partial charge >= 0.3 is 5.97 Å². The van der Waals surface area contributed by atoms with Gasteiger partial charge in [0.15, 0.2) is 6.04 Å². The molecule has 1 amide bonds. The molecule has 1 aliphatic heterocycles. The van der Waals surface area contributed by atoms with E-state index >= 15 is 0 Å². The van der Waals surface area contributed by atoms with E-state index in [4.69, 9.17) is 15.2 Å². The Bertz CT molecular complexity index is 520. The Morgan fingerprint density at radius 1 is 1.43 bits per heavy atom. The second-order valence-corrected chi connectivity index (χ2v) is 5.38. The van der Waals surface area contributed by atoms with Crippen LogP contribution in [0.3, 0.4) is 0 Å². The van der Waals surface area contributed by atoms with Crippen LogP contribution in [0.2, 0.25) is 0 Å². The summed E-state index contributed by atoms with van der Waals surface area (Å²) < 4.78 is 10.0. The Kier molecular flexibility index (Phi) is 4.59. The van der Waals surface area contributed by atoms with Crippen LogP contribution in [0.25, 0.3) is 0 Å². The van der Waals surface area contributed by atoms with Crippen molar-refractivity contribution in [2.24, 2.45) is 11.1 Å². The molecule has 6 heteroatoms. The molecule has 1 fully saturated rings. The van der Waals surface area contributed by atoms with Gasteiger partial charge in [0.25, 0.3) is 0 Å². The molecule has 1 aromatic rings. The molecule has 3 unspecified atom stereocenters. The first-order chi connectivity index (χ1) is 9.99. The minimum Gasteiger partial charge on any atom is -0.467 e. The summed E-state index contributed by atoms with van der Waals surface area (Å²) in [5.41, 5.74) is 5.75. The largest absolute Gasteiger partial charge is 0.467 e. The number of hydrogen-bond donors (Lipinski definition) is 2. The Labute approximate surface area is 123 Å². The molecular weight excluding hydrogens is 272 g/mol. The van der Waals surface area contributed by atoms with Crippen molar-refractivity contribution in [2.45, 2.75) is 19.0 Å². The molecule has 0 aliphatic carbocycles. The number of esters is 1. The van der Waals surface area contributed by atoms with E-state index in [1.807, 2.05) is 6.07 Å². The molecule has 1 aromatic carbocycles. The van der Waals surface area contributed by atoms with E-state index in [0.29, 0.717) is 12.2 Å². The summed E-state index contributed by atoms with van der Waals surface area (Å²) in [7, 11) is 1.29. The second-order valence-electron chi connectivity index (χ2n) is 5.38. The monoisotopic (exact) mass is 292 g/mol. The molecule has 114 valence electrons. The van der Waals surface area contributed by atoms with Crippen LogP contribution in [0, 0.1) is 5.41 Å². The number of ether oxygens (including phenoxy) is 2. The first-order valence-electron chi connectivity index (χ1n) is 6.76. The Morgan fingerprint density at radius 2 is 2.10 bits per heavy atom. The highest BCUT2D eigenvalue weighted by Crippen LogP contribution is 2.28. The molecule has 1 saturated heterocycles. The van der Waals surface area contributed by atoms with Gasteiger partial charge in [-0.2, -0.15) is 0 Å². The van der Waals surface area contributed by atoms with Gasteiger partial charge in [-0.3, -0.25) is 4.79 Å². The van der Waals surface area contributed by atoms with Crippen LogP contribution in [0.4, 0.5) is 0 Å². The van der Waals surface area contributed by atoms with E-state index in [1.54, 1.807) is 31.2 Å². The highest BCUT2D eigenvalue weighted by atomic mass is 16.5. The molecule has 3 N–H and O–H groups in total. The van der Waals surface area contributed by atoms with Crippen molar-refractivity contribution in [3.8, 4) is 0 Å². The SMILES string of the molecule is COC(=O)C(NC(=O)C1(C)COCC1N)c1ccccc1. The maximum Gasteiger partial charge on any atom is 0.333 e. The van der Waals surface area contributed by atoms with Crippen LogP contribution in [0.5, 0.6) is 0 Å². The fourth-order valence-electron chi connectivity index (χ4n) is 2.26. The van der Waals surface area contributed by atoms with Gasteiger partial charge in [0.2, 0.25) is 5.91 Å². The van der Waals surface area contributed by atoms with E-state index in [1.165, 1.54) is 7.11 Å². The van der Waals surface area contributed by atoms with Crippen molar-refractivity contribution in [3.63, 3.8) is 0 Å². The number of benzene rings is 1. The maximum absolute atomic E-state index is 12.5. The molecule has 1 heterocycles. The normalized spacial score (nSPS) is 26.1. The zero-order valence-electron chi connectivity index (χ0n) is 12.2. The lowest BCUT2D eigenvalue weighted by molar-refractivity contribution is -0.147. The number of hydrogen-bond acceptors (Lipinski definition) is 5. The third-order valence-electron chi connectivity index (χ3n) is 3.88. The third-order valence-corrected chi connectivity index (χ3v) is 3.88. The molecular formula is C15H20N2O4. The zero-order chi connectivity index (χ0) is 15.5. The van der Waals surface area contributed by atoms with Gasteiger partial charge in [-0.1, -0.05) is 30.3 Å². The van der Waals surface area contributed by atoms with Gasteiger partial charge in [-0.25, -0.2) is 4.79 Å². The summed E-state index contributed by atoms with van der Waals surface area (Å²) in [6, 6.07) is 7.69. The standard InChI is InChI=1S/C15H20N2O4/c1-15(9-21-8-11(15)16)14(19)17-12(13(18)20-2)10-6-4-3-5-7-10/h3-7,11-12H,8-9,16H2,1-2H3,(H,17,19). The number of carbonyl (C=O) groups is 2. The van der Waals surface area contributed by atoms with Crippen LogP contribution in [0.1, 0.15) is 18.5 Å². The van der Waals surface area contributed by atoms with E-state index in [9.17, 15) is 9.59 Å². The number of nitrogens with one attached hydrogen (secondary N) is 1. The Morgan fingerprint density at radius 3 is 2.62 bits per heavy atom. The summed E-state index contributed by atoms with van der Waals surface area (Å²) in [5.74, 6) is -0.836. The number of amides is 1. The molecule has 0 bridgehead atoms. The fraction of sp³-hybridized carbons (Fsp3) is 0.467. The zero-order valence-corrected chi connectivity index (χ0v) is 12.2. The lowest BCUT2D eigenvalue weighted by Gasteiger charge is -2.28. The van der Waals surface area contributed by atoms with E-state index in [0.717, 1.165) is 0 Å². The number of rotatable bonds is 4. The van der Waals surface area contributed by atoms with Gasteiger partial charge in [0, 0.05) is 6.04 Å². The summed E-state index contributed by atoms with van der Waals surface area (Å²) in [5, 5.41) is 2.72. The van der Waals surface area contributed by atoms with E-state index in [-0.39, 0.29) is 12.5 Å². The lowest BCUT2D eigenvalue weighted by Crippen LogP contribution is -2.51. The van der Waals surface area contributed by atoms with Crippen molar-refractivity contribution >= 4 is 11.9 Å². The van der Waals surface area contributed by atoms with Crippen LogP contribution in [-0.4, -0.2) is 38.2 Å². The molecule has 3 atom stereocenters. The van der Waals surface area contributed by atoms with Crippen molar-refractivity contribution in [2.75, 3.05) is 20.3 Å². The molecule has 21 heavy (non-hydrogen) atoms. The lowest BCUT2D eigenvalue weighted by atomic mass is 9.84. The first-order valence-corrected chi connectivity index (χ1v) is 6.76. The summed E-state index contributed by atoms with van der Waals surface area (Å²) in [6.45, 7) is 2.31. The number of methoxy groups -OCH3 is 1. The molecule has 0 radical (unpaired) electrons. The predicted molar refractivity (Wildman–Crippen MR) is 76.2 cm³/mol. The average molecular weight is 292 g/mol. The van der Waals surface area contributed by atoms with Crippen LogP contribution in [-0.2, 0) is 19.1 Å². The first kappa shape index (κ1) is 15.5. The molecule has 2 rings (SSSR count). The number of nitrogens with two attached hydrogens (primary N) is 1. The van der Waals surface area contributed by atoms with Gasteiger partial charge in [-0.15, -0.1) is 0 Å². The predicted octanol–water partition coefficient (Wildman–Crippen LogP) is 0.381. The van der Waals surface area contributed by atoms with Crippen LogP contribution < -0.4 is 11.1 Å². The average Bonchev–Trinajstić information content (AvgIpc) is 2.85. The molecule has 6 nitrogen and oxygen atoms in total. The summed E-state index contributed by atoms with van der Waals surface area (Å²) in [4.78, 5) is 24.5. The quantitative estimate of drug-likeness (QED) is 0.783. The summed E-state index contributed by atoms with van der Waals surface area (Å²) in [6.07, 6.45) is 0. The van der Waals surface area contributed by atoms with Gasteiger partial charge in [0.1, 0.15) is 0 Å². The van der Waals surface area contributed by atoms with Gasteiger partial charge < -0.3 is 20.5 Å². The highest BCUT2D eigenvalue weighted by molar-refractivity contribution is 5.89. The minimum absolute atomic E-state index is 0.239. The minimum atomic E-state index is -0.853. The van der Waals surface area contributed by atoms with Crippen molar-refractivity contribution in [1.29, 1.82) is 0 Å². The topological polar surface area (TPSA) is 90.6 Å². The van der Waals surface area contributed by atoms with E-state index < -0.39 is 23.5 Å². The van der Waals surface area contributed by atoms with Crippen molar-refractivity contribution in [3.05, 3.63) is 35.9 Å². The third kappa shape index (κ3) is 3.06. The van der Waals surface area contributed by atoms with Crippen LogP contribution in [0.15, 0.2) is 30.3 Å². The second kappa shape index (κ2) is 6.24. The summed E-state index contributed by atoms with van der Waals surface area (Å²) >= 11 is 0. The maximum atomic E-state index is 12.5. The molecule has 0 spiro atoms. The molecule has 0 saturated carbocycles.